The van der Waals surface area contributed by atoms with Gasteiger partial charge in [0.1, 0.15) is 10.6 Å². The number of anilines is 1. The summed E-state index contributed by atoms with van der Waals surface area (Å²) >= 11 is 0. The van der Waals surface area contributed by atoms with Crippen LogP contribution in [0.1, 0.15) is 25.8 Å². The summed E-state index contributed by atoms with van der Waals surface area (Å²) in [4.78, 5) is 0.155. The molecule has 6 heteroatoms. The van der Waals surface area contributed by atoms with Crippen LogP contribution in [-0.2, 0) is 16.4 Å². The van der Waals surface area contributed by atoms with Crippen molar-refractivity contribution in [1.29, 1.82) is 0 Å². The molecule has 106 valence electrons. The Kier molecular flexibility index (Phi) is 4.01. The fourth-order valence-electron chi connectivity index (χ4n) is 2.02. The van der Waals surface area contributed by atoms with Crippen LogP contribution in [0.5, 0.6) is 5.75 Å². The molecule has 1 heterocycles. The second kappa shape index (κ2) is 5.38. The first-order valence-corrected chi connectivity index (χ1v) is 7.93. The van der Waals surface area contributed by atoms with Gasteiger partial charge in [0.25, 0.3) is 0 Å². The van der Waals surface area contributed by atoms with E-state index in [0.717, 1.165) is 18.4 Å². The fourth-order valence-corrected chi connectivity index (χ4v) is 3.46. The predicted octanol–water partition coefficient (Wildman–Crippen LogP) is 1.53. The summed E-state index contributed by atoms with van der Waals surface area (Å²) in [7, 11) is -3.57. The van der Waals surface area contributed by atoms with E-state index in [1.54, 1.807) is 6.07 Å². The fraction of sp³-hybridized carbons (Fsp3) is 0.538. The third-order valence-corrected chi connectivity index (χ3v) is 4.39. The average Bonchev–Trinajstić information content (AvgIpc) is 2.35. The summed E-state index contributed by atoms with van der Waals surface area (Å²) in [6, 6.07) is 3.25. The second-order valence-corrected chi connectivity index (χ2v) is 6.94. The Morgan fingerprint density at radius 3 is 2.84 bits per heavy atom. The summed E-state index contributed by atoms with van der Waals surface area (Å²) in [5.41, 5.74) is 7.11. The Hall–Kier alpha value is -1.27. The van der Waals surface area contributed by atoms with Crippen LogP contribution < -0.4 is 15.2 Å². The topological polar surface area (TPSA) is 81.4 Å². The summed E-state index contributed by atoms with van der Waals surface area (Å²) in [5.74, 6) is 0.698. The van der Waals surface area contributed by atoms with E-state index >= 15 is 0 Å². The zero-order chi connectivity index (χ0) is 14.0. The number of hydrogen-bond donors (Lipinski definition) is 2. The highest BCUT2D eigenvalue weighted by Gasteiger charge is 2.25. The van der Waals surface area contributed by atoms with Crippen LogP contribution in [-0.4, -0.2) is 21.6 Å². The van der Waals surface area contributed by atoms with Crippen LogP contribution in [0, 0.1) is 5.92 Å². The molecule has 0 unspecified atom stereocenters. The molecule has 3 N–H and O–H groups in total. The first-order chi connectivity index (χ1) is 8.90. The minimum atomic E-state index is -3.57. The lowest BCUT2D eigenvalue weighted by molar-refractivity contribution is 0.280. The number of nitrogens with one attached hydrogen (secondary N) is 1. The lowest BCUT2D eigenvalue weighted by atomic mass is 10.1. The van der Waals surface area contributed by atoms with E-state index in [2.05, 4.69) is 4.72 Å². The van der Waals surface area contributed by atoms with Crippen molar-refractivity contribution in [2.45, 2.75) is 31.6 Å². The molecule has 0 amide bonds. The lowest BCUT2D eigenvalue weighted by Crippen LogP contribution is -2.28. The molecule has 19 heavy (non-hydrogen) atoms. The lowest BCUT2D eigenvalue weighted by Gasteiger charge is -2.21. The highest BCUT2D eigenvalue weighted by atomic mass is 32.2. The van der Waals surface area contributed by atoms with E-state index in [9.17, 15) is 8.42 Å². The molecule has 0 spiro atoms. The van der Waals surface area contributed by atoms with Crippen molar-refractivity contribution < 1.29 is 13.2 Å². The molecule has 0 fully saturated rings. The molecule has 0 atom stereocenters. The molecule has 0 saturated heterocycles. The van der Waals surface area contributed by atoms with Crippen molar-refractivity contribution in [3.63, 3.8) is 0 Å². The minimum Gasteiger partial charge on any atom is -0.492 e. The van der Waals surface area contributed by atoms with Crippen LogP contribution in [0.4, 0.5) is 5.69 Å². The Bertz CT molecular complexity index is 567. The van der Waals surface area contributed by atoms with Gasteiger partial charge in [0.2, 0.25) is 10.0 Å². The van der Waals surface area contributed by atoms with E-state index in [-0.39, 0.29) is 10.8 Å². The van der Waals surface area contributed by atoms with Crippen LogP contribution in [0.25, 0.3) is 0 Å². The van der Waals surface area contributed by atoms with Crippen LogP contribution in [0.15, 0.2) is 17.0 Å². The first-order valence-electron chi connectivity index (χ1n) is 6.45. The van der Waals surface area contributed by atoms with E-state index in [1.165, 1.54) is 6.07 Å². The summed E-state index contributed by atoms with van der Waals surface area (Å²) in [5, 5.41) is 0. The maximum absolute atomic E-state index is 12.3. The van der Waals surface area contributed by atoms with Crippen LogP contribution in [0.3, 0.4) is 0 Å². The molecular weight excluding hydrogens is 264 g/mol. The maximum atomic E-state index is 12.3. The maximum Gasteiger partial charge on any atom is 0.244 e. The first kappa shape index (κ1) is 14.1. The molecule has 5 nitrogen and oxygen atoms in total. The van der Waals surface area contributed by atoms with E-state index < -0.39 is 10.0 Å². The highest BCUT2D eigenvalue weighted by Crippen LogP contribution is 2.34. The molecule has 0 aliphatic carbocycles. The molecule has 2 rings (SSSR count). The Balaban J connectivity index is 2.41. The number of nitrogen functional groups attached to an aromatic ring is 1. The molecular formula is C13H20N2O3S. The summed E-state index contributed by atoms with van der Waals surface area (Å²) < 4.78 is 32.7. The van der Waals surface area contributed by atoms with Gasteiger partial charge in [0.05, 0.1) is 6.61 Å². The van der Waals surface area contributed by atoms with Gasteiger partial charge in [-0.1, -0.05) is 13.8 Å². The van der Waals surface area contributed by atoms with Crippen molar-refractivity contribution in [3.8, 4) is 5.75 Å². The average molecular weight is 284 g/mol. The van der Waals surface area contributed by atoms with Gasteiger partial charge in [0, 0.05) is 12.2 Å². The van der Waals surface area contributed by atoms with Crippen molar-refractivity contribution in [2.75, 3.05) is 18.9 Å². The largest absolute Gasteiger partial charge is 0.492 e. The molecule has 1 aliphatic heterocycles. The summed E-state index contributed by atoms with van der Waals surface area (Å²) in [6.45, 7) is 4.84. The highest BCUT2D eigenvalue weighted by molar-refractivity contribution is 7.89. The van der Waals surface area contributed by atoms with Gasteiger partial charge >= 0.3 is 0 Å². The number of fused-ring (bicyclic) bond motifs is 1. The predicted molar refractivity (Wildman–Crippen MR) is 74.7 cm³/mol. The third-order valence-electron chi connectivity index (χ3n) is 2.96. The second-order valence-electron chi connectivity index (χ2n) is 5.21. The van der Waals surface area contributed by atoms with E-state index in [4.69, 9.17) is 10.5 Å². The van der Waals surface area contributed by atoms with Crippen molar-refractivity contribution in [2.24, 2.45) is 5.92 Å². The molecule has 0 radical (unpaired) electrons. The quantitative estimate of drug-likeness (QED) is 0.822. The molecule has 1 aliphatic rings. The number of aryl methyl sites for hydroxylation is 1. The number of benzene rings is 1. The standard InChI is InChI=1S/C13H20N2O3S/c1-9(2)8-15-19(16,17)12-7-11(14)6-10-4-3-5-18-13(10)12/h6-7,9,15H,3-5,8,14H2,1-2H3. The van der Waals surface area contributed by atoms with E-state index in [1.807, 2.05) is 13.8 Å². The van der Waals surface area contributed by atoms with Gasteiger partial charge in [-0.3, -0.25) is 0 Å². The number of nitrogens with two attached hydrogens (primary N) is 1. The number of hydrogen-bond acceptors (Lipinski definition) is 4. The van der Waals surface area contributed by atoms with E-state index in [0.29, 0.717) is 24.6 Å². The van der Waals surface area contributed by atoms with Gasteiger partial charge in [-0.2, -0.15) is 0 Å². The van der Waals surface area contributed by atoms with Gasteiger partial charge in [-0.05, 0) is 36.5 Å². The third kappa shape index (κ3) is 3.19. The number of sulfonamides is 1. The normalized spacial score (nSPS) is 15.1. The van der Waals surface area contributed by atoms with Gasteiger partial charge in [-0.25, -0.2) is 13.1 Å². The minimum absolute atomic E-state index is 0.155. The number of rotatable bonds is 4. The Morgan fingerprint density at radius 1 is 1.42 bits per heavy atom. The van der Waals surface area contributed by atoms with Gasteiger partial charge < -0.3 is 10.5 Å². The zero-order valence-electron chi connectivity index (χ0n) is 11.3. The van der Waals surface area contributed by atoms with Gasteiger partial charge in [-0.15, -0.1) is 0 Å². The van der Waals surface area contributed by atoms with Crippen molar-refractivity contribution in [3.05, 3.63) is 17.7 Å². The molecule has 0 aromatic heterocycles. The SMILES string of the molecule is CC(C)CNS(=O)(=O)c1cc(N)cc2c1OCCC2. The monoisotopic (exact) mass is 284 g/mol. The molecule has 1 aromatic carbocycles. The van der Waals surface area contributed by atoms with Crippen LogP contribution in [0.2, 0.25) is 0 Å². The Labute approximate surface area is 114 Å². The zero-order valence-corrected chi connectivity index (χ0v) is 12.1. The number of ether oxygens (including phenoxy) is 1. The molecule has 1 aromatic rings. The summed E-state index contributed by atoms with van der Waals surface area (Å²) in [6.07, 6.45) is 1.68. The van der Waals surface area contributed by atoms with Crippen molar-refractivity contribution >= 4 is 15.7 Å². The van der Waals surface area contributed by atoms with Gasteiger partial charge in [0.15, 0.2) is 0 Å². The Morgan fingerprint density at radius 2 is 2.16 bits per heavy atom. The van der Waals surface area contributed by atoms with Crippen LogP contribution >= 0.6 is 0 Å². The molecule has 0 saturated carbocycles. The molecule has 0 bridgehead atoms. The smallest absolute Gasteiger partial charge is 0.244 e. The van der Waals surface area contributed by atoms with Crippen molar-refractivity contribution in [1.82, 2.24) is 4.72 Å².